The van der Waals surface area contributed by atoms with Crippen molar-refractivity contribution in [3.05, 3.63) is 94.2 Å². The number of para-hydroxylation sites is 2. The number of nitrogens with zero attached hydrogens (tertiary/aromatic N) is 2. The van der Waals surface area contributed by atoms with Gasteiger partial charge in [-0.25, -0.2) is 4.98 Å². The standard InChI is InChI=1S/C28H30BrN3O2/c1-19(2)21-11-15-24(16-12-21)34-18-6-17-32-26-8-5-4-7-25(26)31-27(32)20(3)30-28(33)22-9-13-23(29)14-10-22/h4-5,7-16,19-20H,6,17-18H2,1-3H3,(H,30,33). The second-order valence-electron chi connectivity index (χ2n) is 8.74. The molecule has 1 unspecified atom stereocenters. The fourth-order valence-electron chi connectivity index (χ4n) is 3.97. The molecule has 6 heteroatoms. The first-order chi connectivity index (χ1) is 16.4. The lowest BCUT2D eigenvalue weighted by Gasteiger charge is -2.17. The number of benzene rings is 3. The van der Waals surface area contributed by atoms with Gasteiger partial charge in [0.2, 0.25) is 0 Å². The average molecular weight is 520 g/mol. The number of rotatable bonds is 9. The highest BCUT2D eigenvalue weighted by atomic mass is 79.9. The number of fused-ring (bicyclic) bond motifs is 1. The van der Waals surface area contributed by atoms with E-state index in [1.165, 1.54) is 5.56 Å². The van der Waals surface area contributed by atoms with Crippen molar-refractivity contribution in [3.8, 4) is 5.75 Å². The van der Waals surface area contributed by atoms with Gasteiger partial charge in [0.25, 0.3) is 5.91 Å². The van der Waals surface area contributed by atoms with Crippen LogP contribution in [-0.2, 0) is 6.54 Å². The summed E-state index contributed by atoms with van der Waals surface area (Å²) in [6, 6.07) is 23.5. The highest BCUT2D eigenvalue weighted by Crippen LogP contribution is 2.23. The molecule has 0 fully saturated rings. The highest BCUT2D eigenvalue weighted by Gasteiger charge is 2.19. The van der Waals surface area contributed by atoms with E-state index in [9.17, 15) is 4.79 Å². The molecule has 1 amide bonds. The molecule has 1 N–H and O–H groups in total. The van der Waals surface area contributed by atoms with Gasteiger partial charge >= 0.3 is 0 Å². The maximum atomic E-state index is 12.8. The summed E-state index contributed by atoms with van der Waals surface area (Å²) in [5, 5.41) is 3.10. The van der Waals surface area contributed by atoms with Gasteiger partial charge in [-0.2, -0.15) is 0 Å². The van der Waals surface area contributed by atoms with Crippen molar-refractivity contribution in [2.24, 2.45) is 0 Å². The first-order valence-corrected chi connectivity index (χ1v) is 12.5. The van der Waals surface area contributed by atoms with Crippen LogP contribution in [0.2, 0.25) is 0 Å². The predicted octanol–water partition coefficient (Wildman–Crippen LogP) is 6.88. The Balaban J connectivity index is 1.44. The number of hydrogen-bond acceptors (Lipinski definition) is 3. The molecule has 0 saturated heterocycles. The highest BCUT2D eigenvalue weighted by molar-refractivity contribution is 9.10. The number of imidazole rings is 1. The summed E-state index contributed by atoms with van der Waals surface area (Å²) in [5.74, 6) is 2.11. The van der Waals surface area contributed by atoms with Crippen molar-refractivity contribution in [3.63, 3.8) is 0 Å². The lowest BCUT2D eigenvalue weighted by Crippen LogP contribution is -2.28. The summed E-state index contributed by atoms with van der Waals surface area (Å²) in [6.07, 6.45) is 0.826. The Morgan fingerprint density at radius 3 is 2.41 bits per heavy atom. The first-order valence-electron chi connectivity index (χ1n) is 11.7. The van der Waals surface area contributed by atoms with Crippen LogP contribution in [0.15, 0.2) is 77.3 Å². The molecule has 0 saturated carbocycles. The number of hydrogen-bond donors (Lipinski definition) is 1. The van der Waals surface area contributed by atoms with E-state index in [0.29, 0.717) is 18.1 Å². The zero-order valence-corrected chi connectivity index (χ0v) is 21.4. The van der Waals surface area contributed by atoms with Crippen molar-refractivity contribution in [2.75, 3.05) is 6.61 Å². The summed E-state index contributed by atoms with van der Waals surface area (Å²) in [6.45, 7) is 7.70. The van der Waals surface area contributed by atoms with E-state index in [4.69, 9.17) is 9.72 Å². The van der Waals surface area contributed by atoms with Crippen LogP contribution in [0, 0.1) is 0 Å². The number of aromatic nitrogens is 2. The van der Waals surface area contributed by atoms with Gasteiger partial charge < -0.3 is 14.6 Å². The number of carbonyl (C=O) groups excluding carboxylic acids is 1. The summed E-state index contributed by atoms with van der Waals surface area (Å²) in [5.41, 5.74) is 3.91. The summed E-state index contributed by atoms with van der Waals surface area (Å²) in [4.78, 5) is 17.6. The van der Waals surface area contributed by atoms with Crippen LogP contribution in [0.3, 0.4) is 0 Å². The van der Waals surface area contributed by atoms with Crippen LogP contribution in [0.1, 0.15) is 60.9 Å². The molecule has 34 heavy (non-hydrogen) atoms. The zero-order valence-electron chi connectivity index (χ0n) is 19.8. The predicted molar refractivity (Wildman–Crippen MR) is 140 cm³/mol. The topological polar surface area (TPSA) is 56.1 Å². The van der Waals surface area contributed by atoms with Gasteiger partial charge in [0.15, 0.2) is 0 Å². The third kappa shape index (κ3) is 5.68. The molecule has 4 aromatic rings. The molecule has 0 spiro atoms. The Labute approximate surface area is 209 Å². The molecule has 0 bridgehead atoms. The molecule has 1 atom stereocenters. The largest absolute Gasteiger partial charge is 0.494 e. The van der Waals surface area contributed by atoms with Crippen LogP contribution in [0.25, 0.3) is 11.0 Å². The molecule has 1 heterocycles. The fourth-order valence-corrected chi connectivity index (χ4v) is 4.23. The van der Waals surface area contributed by atoms with Gasteiger partial charge in [0.05, 0.1) is 23.7 Å². The van der Waals surface area contributed by atoms with E-state index in [0.717, 1.165) is 40.0 Å². The summed E-state index contributed by atoms with van der Waals surface area (Å²) >= 11 is 3.41. The number of carbonyl (C=O) groups is 1. The Morgan fingerprint density at radius 1 is 1.00 bits per heavy atom. The third-order valence-corrected chi connectivity index (χ3v) is 6.40. The minimum absolute atomic E-state index is 0.119. The van der Waals surface area contributed by atoms with Crippen LogP contribution >= 0.6 is 15.9 Å². The monoisotopic (exact) mass is 519 g/mol. The Hall–Kier alpha value is -3.12. The second kappa shape index (κ2) is 10.9. The van der Waals surface area contributed by atoms with Crippen LogP contribution < -0.4 is 10.1 Å². The molecular formula is C28H30BrN3O2. The van der Waals surface area contributed by atoms with Crippen LogP contribution in [0.5, 0.6) is 5.75 Å². The van der Waals surface area contributed by atoms with Crippen molar-refractivity contribution in [2.45, 2.75) is 45.7 Å². The second-order valence-corrected chi connectivity index (χ2v) is 9.65. The minimum atomic E-state index is -0.243. The number of ether oxygens (including phenoxy) is 1. The molecule has 1 aromatic heterocycles. The average Bonchev–Trinajstić information content (AvgIpc) is 3.21. The maximum Gasteiger partial charge on any atom is 0.251 e. The molecule has 0 radical (unpaired) electrons. The Morgan fingerprint density at radius 2 is 1.71 bits per heavy atom. The fraction of sp³-hybridized carbons (Fsp3) is 0.286. The molecule has 0 aliphatic carbocycles. The van der Waals surface area contributed by atoms with Crippen molar-refractivity contribution >= 4 is 32.9 Å². The first kappa shape index (κ1) is 24.0. The van der Waals surface area contributed by atoms with Gasteiger partial charge in [0, 0.05) is 16.6 Å². The van der Waals surface area contributed by atoms with Crippen molar-refractivity contribution in [1.29, 1.82) is 0 Å². The van der Waals surface area contributed by atoms with Gasteiger partial charge in [0.1, 0.15) is 11.6 Å². The lowest BCUT2D eigenvalue weighted by molar-refractivity contribution is 0.0937. The minimum Gasteiger partial charge on any atom is -0.494 e. The normalized spacial score (nSPS) is 12.1. The van der Waals surface area contributed by atoms with E-state index < -0.39 is 0 Å². The van der Waals surface area contributed by atoms with Gasteiger partial charge in [-0.3, -0.25) is 4.79 Å². The lowest BCUT2D eigenvalue weighted by atomic mass is 10.0. The Bertz CT molecular complexity index is 1250. The van der Waals surface area contributed by atoms with Gasteiger partial charge in [-0.05, 0) is 73.4 Å². The number of halogens is 1. The molecule has 3 aromatic carbocycles. The number of amides is 1. The summed E-state index contributed by atoms with van der Waals surface area (Å²) < 4.78 is 9.11. The maximum absolute atomic E-state index is 12.8. The van der Waals surface area contributed by atoms with E-state index in [1.54, 1.807) is 12.1 Å². The molecule has 176 valence electrons. The number of aryl methyl sites for hydroxylation is 1. The van der Waals surface area contributed by atoms with Gasteiger partial charge in [-0.15, -0.1) is 0 Å². The smallest absolute Gasteiger partial charge is 0.251 e. The van der Waals surface area contributed by atoms with Crippen LogP contribution in [0.4, 0.5) is 0 Å². The van der Waals surface area contributed by atoms with Gasteiger partial charge in [-0.1, -0.05) is 54.0 Å². The van der Waals surface area contributed by atoms with Crippen molar-refractivity contribution in [1.82, 2.24) is 14.9 Å². The van der Waals surface area contributed by atoms with E-state index in [1.807, 2.05) is 49.4 Å². The SMILES string of the molecule is CC(C)c1ccc(OCCCn2c(C(C)NC(=O)c3ccc(Br)cc3)nc3ccccc32)cc1. The molecule has 5 nitrogen and oxygen atoms in total. The number of nitrogens with one attached hydrogen (secondary N) is 1. The summed E-state index contributed by atoms with van der Waals surface area (Å²) in [7, 11) is 0. The van der Waals surface area contributed by atoms with Crippen molar-refractivity contribution < 1.29 is 9.53 Å². The third-order valence-electron chi connectivity index (χ3n) is 5.87. The molecular weight excluding hydrogens is 490 g/mol. The van der Waals surface area contributed by atoms with Crippen LogP contribution in [-0.4, -0.2) is 22.1 Å². The van der Waals surface area contributed by atoms with E-state index in [-0.39, 0.29) is 11.9 Å². The molecule has 0 aliphatic heterocycles. The molecule has 4 rings (SSSR count). The molecule has 0 aliphatic rings. The van der Waals surface area contributed by atoms with E-state index >= 15 is 0 Å². The van der Waals surface area contributed by atoms with E-state index in [2.05, 4.69) is 57.9 Å². The quantitative estimate of drug-likeness (QED) is 0.245. The Kier molecular flexibility index (Phi) is 7.68. The zero-order chi connectivity index (χ0) is 24.1.